The average Bonchev–Trinajstić information content (AvgIpc) is 3.46. The Labute approximate surface area is 157 Å². The molecule has 3 fully saturated rings. The van der Waals surface area contributed by atoms with Gasteiger partial charge < -0.3 is 4.74 Å². The minimum Gasteiger partial charge on any atom is -0.497 e. The van der Waals surface area contributed by atoms with Crippen molar-refractivity contribution in [1.29, 1.82) is 0 Å². The first-order valence-electron chi connectivity index (χ1n) is 9.47. The molecule has 5 aliphatic rings. The van der Waals surface area contributed by atoms with E-state index >= 15 is 0 Å². The van der Waals surface area contributed by atoms with E-state index in [9.17, 15) is 14.4 Å². The lowest BCUT2D eigenvalue weighted by molar-refractivity contribution is -0.140. The summed E-state index contributed by atoms with van der Waals surface area (Å²) in [7, 11) is 1.58. The molecule has 6 nitrogen and oxygen atoms in total. The molecule has 140 valence electrons. The summed E-state index contributed by atoms with van der Waals surface area (Å²) in [4.78, 5) is 41.2. The maximum absolute atomic E-state index is 13.1. The summed E-state index contributed by atoms with van der Waals surface area (Å²) >= 11 is 0. The van der Waals surface area contributed by atoms with Gasteiger partial charge in [0.1, 0.15) is 12.4 Å². The minimum atomic E-state index is -0.235. The molecule has 0 aromatic heterocycles. The van der Waals surface area contributed by atoms with Crippen molar-refractivity contribution >= 4 is 23.4 Å². The highest BCUT2D eigenvalue weighted by molar-refractivity contribution is 6.07. The van der Waals surface area contributed by atoms with Crippen molar-refractivity contribution in [3.05, 3.63) is 36.4 Å². The number of allylic oxidation sites excluding steroid dienone is 2. The number of rotatable bonds is 4. The number of likely N-dealkylation sites (tertiary alicyclic amines) is 1. The van der Waals surface area contributed by atoms with Gasteiger partial charge in [0.15, 0.2) is 0 Å². The summed E-state index contributed by atoms with van der Waals surface area (Å²) in [6.07, 6.45) is 5.45. The van der Waals surface area contributed by atoms with Crippen LogP contribution in [0.2, 0.25) is 0 Å². The van der Waals surface area contributed by atoms with E-state index in [1.54, 1.807) is 31.4 Å². The van der Waals surface area contributed by atoms with Crippen LogP contribution in [0.3, 0.4) is 0 Å². The number of hydrogen-bond donors (Lipinski definition) is 0. The van der Waals surface area contributed by atoms with Gasteiger partial charge in [-0.3, -0.25) is 24.2 Å². The van der Waals surface area contributed by atoms with Crippen molar-refractivity contribution in [2.75, 3.05) is 18.7 Å². The van der Waals surface area contributed by atoms with Gasteiger partial charge >= 0.3 is 0 Å². The zero-order valence-electron chi connectivity index (χ0n) is 15.4. The molecule has 1 saturated heterocycles. The summed E-state index contributed by atoms with van der Waals surface area (Å²) in [5.41, 5.74) is 0.641. The van der Waals surface area contributed by atoms with Crippen molar-refractivity contribution < 1.29 is 19.1 Å². The molecule has 1 heterocycles. The fourth-order valence-electron chi connectivity index (χ4n) is 5.42. The van der Waals surface area contributed by atoms with Gasteiger partial charge in [0.2, 0.25) is 17.7 Å². The highest BCUT2D eigenvalue weighted by Gasteiger charge is 2.67. The Morgan fingerprint density at radius 2 is 1.63 bits per heavy atom. The predicted molar refractivity (Wildman–Crippen MR) is 97.6 cm³/mol. The number of amides is 3. The van der Waals surface area contributed by atoms with Crippen LogP contribution in [0.15, 0.2) is 36.4 Å². The Morgan fingerprint density at radius 1 is 1.07 bits per heavy atom. The van der Waals surface area contributed by atoms with Crippen LogP contribution in [0.25, 0.3) is 0 Å². The normalized spacial score (nSPS) is 35.1. The van der Waals surface area contributed by atoms with Crippen LogP contribution in [0, 0.1) is 35.5 Å². The standard InChI is InChI=1S/C21H22N2O4/c1-11(24)22(12-3-5-13(27-2)6-4-12)10-23-20(25)18-14-7-8-15(17-9-16(14)17)19(18)21(23)26/h3-8,14-19H,9-10H2,1-2H3/t14-,15-,16-,17+,18-,19+/m0/s1. The lowest BCUT2D eigenvalue weighted by atomic mass is 9.63. The molecule has 1 aliphatic heterocycles. The Morgan fingerprint density at radius 3 is 2.11 bits per heavy atom. The molecular formula is C21H22N2O4. The molecule has 6 heteroatoms. The monoisotopic (exact) mass is 366 g/mol. The van der Waals surface area contributed by atoms with E-state index in [1.807, 2.05) is 0 Å². The van der Waals surface area contributed by atoms with Gasteiger partial charge in [0.05, 0.1) is 18.9 Å². The van der Waals surface area contributed by atoms with E-state index in [4.69, 9.17) is 4.74 Å². The Bertz CT molecular complexity index is 825. The highest BCUT2D eigenvalue weighted by Crippen LogP contribution is 2.65. The maximum Gasteiger partial charge on any atom is 0.235 e. The summed E-state index contributed by atoms with van der Waals surface area (Å²) in [5.74, 6) is 1.30. The van der Waals surface area contributed by atoms with Crippen molar-refractivity contribution in [1.82, 2.24) is 4.90 Å². The van der Waals surface area contributed by atoms with Gasteiger partial charge in [-0.05, 0) is 54.4 Å². The van der Waals surface area contributed by atoms with Gasteiger partial charge in [-0.15, -0.1) is 0 Å². The van der Waals surface area contributed by atoms with Crippen molar-refractivity contribution in [2.24, 2.45) is 35.5 Å². The molecular weight excluding hydrogens is 344 g/mol. The molecule has 3 amide bonds. The van der Waals surface area contributed by atoms with Crippen molar-refractivity contribution in [3.63, 3.8) is 0 Å². The second-order valence-electron chi connectivity index (χ2n) is 8.05. The lowest BCUT2D eigenvalue weighted by Crippen LogP contribution is -2.44. The van der Waals surface area contributed by atoms with Crippen LogP contribution in [-0.4, -0.2) is 36.4 Å². The first-order valence-corrected chi connectivity index (χ1v) is 9.47. The molecule has 1 aromatic rings. The maximum atomic E-state index is 13.1. The van der Waals surface area contributed by atoms with E-state index in [0.717, 1.165) is 6.42 Å². The summed E-state index contributed by atoms with van der Waals surface area (Å²) in [5, 5.41) is 0. The minimum absolute atomic E-state index is 0.0267. The number of methoxy groups -OCH3 is 1. The molecule has 2 saturated carbocycles. The topological polar surface area (TPSA) is 66.9 Å². The fraction of sp³-hybridized carbons (Fsp3) is 0.476. The smallest absolute Gasteiger partial charge is 0.235 e. The van der Waals surface area contributed by atoms with Crippen molar-refractivity contribution in [3.8, 4) is 5.75 Å². The van der Waals surface area contributed by atoms with Crippen LogP contribution in [-0.2, 0) is 14.4 Å². The molecule has 6 rings (SSSR count). The fourth-order valence-corrected chi connectivity index (χ4v) is 5.42. The molecule has 6 atom stereocenters. The number of nitrogens with zero attached hydrogens (tertiary/aromatic N) is 2. The first kappa shape index (κ1) is 16.5. The largest absolute Gasteiger partial charge is 0.497 e. The van der Waals surface area contributed by atoms with E-state index in [0.29, 0.717) is 23.3 Å². The number of carbonyl (C=O) groups excluding carboxylic acids is 3. The second kappa shape index (κ2) is 5.68. The zero-order valence-corrected chi connectivity index (χ0v) is 15.4. The third-order valence-electron chi connectivity index (χ3n) is 6.80. The number of carbonyl (C=O) groups is 3. The third-order valence-corrected chi connectivity index (χ3v) is 6.80. The highest BCUT2D eigenvalue weighted by atomic mass is 16.5. The van der Waals surface area contributed by atoms with Crippen LogP contribution in [0.4, 0.5) is 5.69 Å². The average molecular weight is 366 g/mol. The van der Waals surface area contributed by atoms with Gasteiger partial charge in [-0.2, -0.15) is 0 Å². The van der Waals surface area contributed by atoms with Gasteiger partial charge in [0.25, 0.3) is 0 Å². The van der Waals surface area contributed by atoms with Gasteiger partial charge in [0, 0.05) is 12.6 Å². The van der Waals surface area contributed by atoms with Crippen LogP contribution in [0.5, 0.6) is 5.75 Å². The van der Waals surface area contributed by atoms with Gasteiger partial charge in [-0.1, -0.05) is 12.2 Å². The number of hydrogen-bond acceptors (Lipinski definition) is 4. The predicted octanol–water partition coefficient (Wildman–Crippen LogP) is 2.06. The molecule has 0 radical (unpaired) electrons. The number of ether oxygens (including phenoxy) is 1. The zero-order chi connectivity index (χ0) is 18.9. The van der Waals surface area contributed by atoms with Crippen LogP contribution >= 0.6 is 0 Å². The van der Waals surface area contributed by atoms with Crippen LogP contribution < -0.4 is 9.64 Å². The second-order valence-corrected chi connectivity index (χ2v) is 8.05. The number of imide groups is 1. The Hall–Kier alpha value is -2.63. The molecule has 0 N–H and O–H groups in total. The van der Waals surface area contributed by atoms with E-state index in [1.165, 1.54) is 16.7 Å². The first-order chi connectivity index (χ1) is 13.0. The number of anilines is 1. The molecule has 0 spiro atoms. The van der Waals surface area contributed by atoms with E-state index in [2.05, 4.69) is 12.2 Å². The van der Waals surface area contributed by atoms with Crippen LogP contribution in [0.1, 0.15) is 13.3 Å². The molecule has 4 aliphatic carbocycles. The molecule has 27 heavy (non-hydrogen) atoms. The Balaban J connectivity index is 1.42. The quantitative estimate of drug-likeness (QED) is 0.604. The lowest BCUT2D eigenvalue weighted by Gasteiger charge is -2.37. The third kappa shape index (κ3) is 2.28. The molecule has 2 bridgehead atoms. The van der Waals surface area contributed by atoms with Gasteiger partial charge in [-0.25, -0.2) is 0 Å². The summed E-state index contributed by atoms with van der Waals surface area (Å²) in [6.45, 7) is 1.42. The van der Waals surface area contributed by atoms with E-state index in [-0.39, 0.29) is 48.1 Å². The summed E-state index contributed by atoms with van der Waals surface area (Å²) in [6, 6.07) is 7.05. The molecule has 1 aromatic carbocycles. The number of benzene rings is 1. The van der Waals surface area contributed by atoms with Crippen molar-refractivity contribution in [2.45, 2.75) is 13.3 Å². The SMILES string of the molecule is COc1ccc(N(CN2C(=O)[C@@H]3[C@H]4C=C[C@@H]([C@@H]5C[C@H]45)[C@@H]3C2=O)C(C)=O)cc1. The Kier molecular flexibility index (Phi) is 3.48. The molecule has 0 unspecified atom stereocenters. The van der Waals surface area contributed by atoms with E-state index < -0.39 is 0 Å². The summed E-state index contributed by atoms with van der Waals surface area (Å²) < 4.78 is 5.16.